The molecule has 0 heterocycles. The third kappa shape index (κ3) is 3.54. The van der Waals surface area contributed by atoms with Crippen LogP contribution in [0.25, 0.3) is 0 Å². The summed E-state index contributed by atoms with van der Waals surface area (Å²) >= 11 is 0. The van der Waals surface area contributed by atoms with Gasteiger partial charge in [-0.1, -0.05) is 0 Å². The van der Waals surface area contributed by atoms with E-state index in [1.807, 2.05) is 0 Å². The van der Waals surface area contributed by atoms with Gasteiger partial charge < -0.3 is 15.4 Å². The number of rotatable bonds is 1. The molecule has 0 spiro atoms. The van der Waals surface area contributed by atoms with Gasteiger partial charge in [0.25, 0.3) is 0 Å². The van der Waals surface area contributed by atoms with Gasteiger partial charge in [0.1, 0.15) is 0 Å². The van der Waals surface area contributed by atoms with Crippen LogP contribution in [0.15, 0.2) is 0 Å². The number of hydrogen-bond acceptors (Lipinski definition) is 4. The molecule has 0 aliphatic heterocycles. The molecule has 0 aromatic heterocycles. The normalized spacial score (nSPS) is 11.4. The van der Waals surface area contributed by atoms with Gasteiger partial charge in [0.2, 0.25) is 0 Å². The molecule has 5 heteroatoms. The van der Waals surface area contributed by atoms with Crippen molar-refractivity contribution < 1.29 is 20.2 Å². The number of aliphatic hydroxyl groups excluding tert-OH is 1. The van der Waals surface area contributed by atoms with Crippen molar-refractivity contribution in [3.63, 3.8) is 0 Å². The quantitative estimate of drug-likeness (QED) is 0.392. The molecule has 0 fully saturated rings. The first-order valence-corrected chi connectivity index (χ1v) is 1.77. The second-order valence-corrected chi connectivity index (χ2v) is 1.11. The summed E-state index contributed by atoms with van der Waals surface area (Å²) in [5.74, 6) is 3.54. The number of nitrogens with two attached hydrogens (primary N) is 1. The van der Waals surface area contributed by atoms with Gasteiger partial charge in [-0.25, -0.2) is 4.79 Å². The molecule has 5 nitrogen and oxygen atoms in total. The molecular weight excluding hydrogens is 114 g/mol. The lowest BCUT2D eigenvalue weighted by atomic mass is 10.4. The molecule has 0 bridgehead atoms. The Balaban J connectivity index is 0. The summed E-state index contributed by atoms with van der Waals surface area (Å²) in [4.78, 5) is 13.5. The van der Waals surface area contributed by atoms with Crippen LogP contribution >= 0.6 is 0 Å². The Kier molecular flexibility index (Phi) is 5.83. The molecular formula is C3H9NO4. The molecule has 0 saturated carbocycles. The highest BCUT2D eigenvalue weighted by Crippen LogP contribution is 1.78. The van der Waals surface area contributed by atoms with Crippen molar-refractivity contribution in [1.29, 1.82) is 0 Å². The number of carbonyl (C=O) groups excluding carboxylic acids is 1. The first-order chi connectivity index (χ1) is 3.18. The van der Waals surface area contributed by atoms with Gasteiger partial charge >= 0.3 is 5.97 Å². The van der Waals surface area contributed by atoms with Crippen molar-refractivity contribution in [3.05, 3.63) is 0 Å². The van der Waals surface area contributed by atoms with Crippen molar-refractivity contribution in [2.24, 2.45) is 5.90 Å². The molecule has 0 radical (unpaired) electrons. The van der Waals surface area contributed by atoms with Crippen LogP contribution in [-0.4, -0.2) is 22.7 Å². The van der Waals surface area contributed by atoms with E-state index in [0.717, 1.165) is 0 Å². The summed E-state index contributed by atoms with van der Waals surface area (Å²) in [5, 5.41) is 8.27. The average molecular weight is 123 g/mol. The topological polar surface area (TPSA) is 104 Å². The minimum absolute atomic E-state index is 0. The van der Waals surface area contributed by atoms with Crippen molar-refractivity contribution in [3.8, 4) is 0 Å². The lowest BCUT2D eigenvalue weighted by molar-refractivity contribution is -0.153. The zero-order valence-corrected chi connectivity index (χ0v) is 4.42. The highest BCUT2D eigenvalue weighted by molar-refractivity contribution is 5.73. The zero-order valence-electron chi connectivity index (χ0n) is 4.42. The molecule has 0 aromatic rings. The molecule has 0 aliphatic rings. The van der Waals surface area contributed by atoms with E-state index in [-0.39, 0.29) is 5.48 Å². The van der Waals surface area contributed by atoms with Gasteiger partial charge in [-0.2, -0.15) is 5.90 Å². The first-order valence-electron chi connectivity index (χ1n) is 1.77. The predicted molar refractivity (Wildman–Crippen MR) is 25.6 cm³/mol. The van der Waals surface area contributed by atoms with Crippen LogP contribution in [0.2, 0.25) is 0 Å². The Morgan fingerprint density at radius 1 is 1.88 bits per heavy atom. The second-order valence-electron chi connectivity index (χ2n) is 1.11. The molecule has 1 unspecified atom stereocenters. The summed E-state index contributed by atoms with van der Waals surface area (Å²) in [7, 11) is 0. The summed E-state index contributed by atoms with van der Waals surface area (Å²) in [5.41, 5.74) is 0. The smallest absolute Gasteiger partial charge is 0.353 e. The van der Waals surface area contributed by atoms with Crippen molar-refractivity contribution in [1.82, 2.24) is 0 Å². The maximum absolute atomic E-state index is 9.91. The van der Waals surface area contributed by atoms with Crippen molar-refractivity contribution in [2.75, 3.05) is 0 Å². The molecule has 1 atom stereocenters. The fourth-order valence-corrected chi connectivity index (χ4v) is 0.0985. The zero-order chi connectivity index (χ0) is 5.86. The van der Waals surface area contributed by atoms with Gasteiger partial charge in [0, 0.05) is 0 Å². The maximum atomic E-state index is 9.91. The fourth-order valence-electron chi connectivity index (χ4n) is 0.0985. The predicted octanol–water partition coefficient (Wildman–Crippen LogP) is -2.04. The third-order valence-electron chi connectivity index (χ3n) is 0.457. The summed E-state index contributed by atoms with van der Waals surface area (Å²) < 4.78 is 0. The maximum Gasteiger partial charge on any atom is 0.353 e. The molecule has 0 amide bonds. The SMILES string of the molecule is CC(O)C(=O)ON.O. The van der Waals surface area contributed by atoms with Crippen LogP contribution in [0, 0.1) is 0 Å². The minimum Gasteiger partial charge on any atom is -0.412 e. The van der Waals surface area contributed by atoms with Crippen LogP contribution in [-0.2, 0) is 9.63 Å². The Labute approximate surface area is 46.3 Å². The third-order valence-corrected chi connectivity index (χ3v) is 0.457. The van der Waals surface area contributed by atoms with Crippen LogP contribution in [0.1, 0.15) is 6.92 Å². The average Bonchev–Trinajstić information content (AvgIpc) is 1.65. The Hall–Kier alpha value is -0.650. The number of carbonyl (C=O) groups is 1. The monoisotopic (exact) mass is 123 g/mol. The fraction of sp³-hybridized carbons (Fsp3) is 0.667. The molecule has 0 aromatic carbocycles. The first kappa shape index (κ1) is 10.4. The van der Waals surface area contributed by atoms with Gasteiger partial charge in [-0.05, 0) is 6.92 Å². The van der Waals surface area contributed by atoms with E-state index in [1.165, 1.54) is 6.92 Å². The molecule has 0 saturated heterocycles. The van der Waals surface area contributed by atoms with Crippen LogP contribution in [0.5, 0.6) is 0 Å². The minimum atomic E-state index is -1.12. The summed E-state index contributed by atoms with van der Waals surface area (Å²) in [6.45, 7) is 1.27. The largest absolute Gasteiger partial charge is 0.412 e. The lowest BCUT2D eigenvalue weighted by Crippen LogP contribution is -2.22. The Morgan fingerprint density at radius 2 is 2.25 bits per heavy atom. The van der Waals surface area contributed by atoms with Crippen LogP contribution in [0.3, 0.4) is 0 Å². The van der Waals surface area contributed by atoms with Gasteiger partial charge in [-0.3, -0.25) is 0 Å². The van der Waals surface area contributed by atoms with Gasteiger partial charge in [-0.15, -0.1) is 0 Å². The second kappa shape index (κ2) is 4.51. The van der Waals surface area contributed by atoms with Gasteiger partial charge in [0.15, 0.2) is 6.10 Å². The van der Waals surface area contributed by atoms with Crippen LogP contribution < -0.4 is 5.90 Å². The van der Waals surface area contributed by atoms with E-state index in [1.54, 1.807) is 0 Å². The van der Waals surface area contributed by atoms with E-state index >= 15 is 0 Å². The van der Waals surface area contributed by atoms with Crippen molar-refractivity contribution in [2.45, 2.75) is 13.0 Å². The van der Waals surface area contributed by atoms with E-state index < -0.39 is 12.1 Å². The molecule has 50 valence electrons. The highest BCUT2D eigenvalue weighted by Gasteiger charge is 2.06. The van der Waals surface area contributed by atoms with Crippen molar-refractivity contribution >= 4 is 5.97 Å². The van der Waals surface area contributed by atoms with E-state index in [4.69, 9.17) is 5.11 Å². The number of aliphatic hydroxyl groups is 1. The van der Waals surface area contributed by atoms with E-state index in [2.05, 4.69) is 10.7 Å². The van der Waals surface area contributed by atoms with E-state index in [0.29, 0.717) is 0 Å². The molecule has 8 heavy (non-hydrogen) atoms. The molecule has 0 rings (SSSR count). The number of hydrogen-bond donors (Lipinski definition) is 2. The Bertz CT molecular complexity index is 71.7. The summed E-state index contributed by atoms with van der Waals surface area (Å²) in [6.07, 6.45) is -1.12. The molecule has 5 N–H and O–H groups in total. The Morgan fingerprint density at radius 3 is 2.25 bits per heavy atom. The standard InChI is InChI=1S/C3H7NO3.H2O/c1-2(5)3(6)7-4;/h2,5H,4H2,1H3;1H2. The van der Waals surface area contributed by atoms with E-state index in [9.17, 15) is 4.79 Å². The summed E-state index contributed by atoms with van der Waals surface area (Å²) in [6, 6.07) is 0. The lowest BCUT2D eigenvalue weighted by Gasteiger charge is -1.96. The molecule has 0 aliphatic carbocycles. The highest BCUT2D eigenvalue weighted by atomic mass is 16.7. The van der Waals surface area contributed by atoms with Crippen LogP contribution in [0.4, 0.5) is 0 Å². The van der Waals surface area contributed by atoms with Gasteiger partial charge in [0.05, 0.1) is 0 Å².